The molecule has 0 saturated carbocycles. The van der Waals surface area contributed by atoms with Gasteiger partial charge in [0.1, 0.15) is 5.75 Å². The van der Waals surface area contributed by atoms with Gasteiger partial charge < -0.3 is 15.0 Å². The molecule has 1 amide bonds. The zero-order valence-corrected chi connectivity index (χ0v) is 15.9. The standard InChI is InChI=1S/C18H16BrN3O2S/c1-24-16-5-3-2-4-14(16)21-17(23)11-25-18-20-10-15(22-18)12-6-8-13(19)9-7-12/h2-10H,11H2,1H3,(H,20,22)(H,21,23). The molecule has 0 spiro atoms. The van der Waals surface area contributed by atoms with Gasteiger partial charge in [0.05, 0.1) is 30.4 Å². The smallest absolute Gasteiger partial charge is 0.234 e. The second-order valence-corrected chi connectivity index (χ2v) is 7.03. The van der Waals surface area contributed by atoms with Crippen molar-refractivity contribution in [3.05, 3.63) is 59.2 Å². The van der Waals surface area contributed by atoms with E-state index in [1.807, 2.05) is 36.4 Å². The van der Waals surface area contributed by atoms with Crippen LogP contribution in [0.3, 0.4) is 0 Å². The zero-order valence-electron chi connectivity index (χ0n) is 13.5. The first-order valence-corrected chi connectivity index (χ1v) is 9.30. The van der Waals surface area contributed by atoms with Gasteiger partial charge in [-0.1, -0.05) is 52.0 Å². The van der Waals surface area contributed by atoms with Gasteiger partial charge in [0, 0.05) is 4.47 Å². The second-order valence-electron chi connectivity index (χ2n) is 5.15. The van der Waals surface area contributed by atoms with E-state index in [0.717, 1.165) is 15.7 Å². The molecule has 3 aromatic rings. The third-order valence-electron chi connectivity index (χ3n) is 3.43. The van der Waals surface area contributed by atoms with E-state index < -0.39 is 0 Å². The molecule has 5 nitrogen and oxygen atoms in total. The van der Waals surface area contributed by atoms with Crippen LogP contribution in [0.2, 0.25) is 0 Å². The summed E-state index contributed by atoms with van der Waals surface area (Å²) in [7, 11) is 1.58. The van der Waals surface area contributed by atoms with Gasteiger partial charge in [-0.15, -0.1) is 0 Å². The summed E-state index contributed by atoms with van der Waals surface area (Å²) >= 11 is 4.77. The summed E-state index contributed by atoms with van der Waals surface area (Å²) in [5.41, 5.74) is 2.62. The SMILES string of the molecule is COc1ccccc1NC(=O)CSc1ncc(-c2ccc(Br)cc2)[nH]1. The molecule has 3 rings (SSSR count). The predicted octanol–water partition coefficient (Wildman–Crippen LogP) is 4.58. The van der Waals surface area contributed by atoms with Crippen molar-refractivity contribution < 1.29 is 9.53 Å². The van der Waals surface area contributed by atoms with Gasteiger partial charge in [0.2, 0.25) is 5.91 Å². The molecule has 1 aromatic heterocycles. The Labute approximate surface area is 158 Å². The summed E-state index contributed by atoms with van der Waals surface area (Å²) in [6.45, 7) is 0. The number of imidazole rings is 1. The molecule has 0 radical (unpaired) electrons. The fourth-order valence-electron chi connectivity index (χ4n) is 2.22. The summed E-state index contributed by atoms with van der Waals surface area (Å²) in [5, 5.41) is 3.55. The maximum atomic E-state index is 12.1. The number of thioether (sulfide) groups is 1. The maximum absolute atomic E-state index is 12.1. The molecule has 0 aliphatic rings. The average molecular weight is 418 g/mol. The number of anilines is 1. The Morgan fingerprint density at radius 2 is 2.00 bits per heavy atom. The monoisotopic (exact) mass is 417 g/mol. The first kappa shape index (κ1) is 17.6. The number of para-hydroxylation sites is 2. The van der Waals surface area contributed by atoms with E-state index in [1.54, 1.807) is 25.4 Å². The van der Waals surface area contributed by atoms with Gasteiger partial charge in [-0.2, -0.15) is 0 Å². The molecule has 128 valence electrons. The van der Waals surface area contributed by atoms with Gasteiger partial charge in [0.25, 0.3) is 0 Å². The van der Waals surface area contributed by atoms with E-state index in [4.69, 9.17) is 4.74 Å². The molecule has 0 saturated heterocycles. The van der Waals surface area contributed by atoms with Crippen molar-refractivity contribution >= 4 is 39.3 Å². The van der Waals surface area contributed by atoms with Crippen LogP contribution in [0.15, 0.2) is 64.4 Å². The first-order valence-electron chi connectivity index (χ1n) is 7.52. The van der Waals surface area contributed by atoms with Crippen LogP contribution in [-0.4, -0.2) is 28.7 Å². The Kier molecular flexibility index (Phi) is 5.78. The number of nitrogens with zero attached hydrogens (tertiary/aromatic N) is 1. The van der Waals surface area contributed by atoms with Crippen LogP contribution in [-0.2, 0) is 4.79 Å². The zero-order chi connectivity index (χ0) is 17.6. The summed E-state index contributed by atoms with van der Waals surface area (Å²) in [6, 6.07) is 15.3. The molecule has 0 atom stereocenters. The average Bonchev–Trinajstić information content (AvgIpc) is 3.10. The number of nitrogens with one attached hydrogen (secondary N) is 2. The van der Waals surface area contributed by atoms with Crippen LogP contribution in [0.1, 0.15) is 0 Å². The normalized spacial score (nSPS) is 10.5. The molecule has 0 aliphatic carbocycles. The number of aromatic amines is 1. The van der Waals surface area contributed by atoms with Crippen molar-refractivity contribution in [3.63, 3.8) is 0 Å². The summed E-state index contributed by atoms with van der Waals surface area (Å²) < 4.78 is 6.25. The van der Waals surface area contributed by atoms with E-state index >= 15 is 0 Å². The summed E-state index contributed by atoms with van der Waals surface area (Å²) in [6.07, 6.45) is 1.77. The third kappa shape index (κ3) is 4.64. The van der Waals surface area contributed by atoms with E-state index in [2.05, 4.69) is 31.2 Å². The number of carbonyl (C=O) groups is 1. The molecule has 2 aromatic carbocycles. The number of hydrogen-bond donors (Lipinski definition) is 2. The maximum Gasteiger partial charge on any atom is 0.234 e. The van der Waals surface area contributed by atoms with Crippen molar-refractivity contribution in [1.29, 1.82) is 0 Å². The minimum Gasteiger partial charge on any atom is -0.495 e. The van der Waals surface area contributed by atoms with E-state index in [-0.39, 0.29) is 11.7 Å². The molecule has 0 aliphatic heterocycles. The van der Waals surface area contributed by atoms with Gasteiger partial charge >= 0.3 is 0 Å². The molecule has 0 bridgehead atoms. The van der Waals surface area contributed by atoms with E-state index in [1.165, 1.54) is 11.8 Å². The fourth-order valence-corrected chi connectivity index (χ4v) is 3.13. The number of methoxy groups -OCH3 is 1. The van der Waals surface area contributed by atoms with Crippen molar-refractivity contribution in [2.75, 3.05) is 18.2 Å². The Hall–Kier alpha value is -2.25. The largest absolute Gasteiger partial charge is 0.495 e. The number of hydrogen-bond acceptors (Lipinski definition) is 4. The van der Waals surface area contributed by atoms with Crippen LogP contribution < -0.4 is 10.1 Å². The minimum absolute atomic E-state index is 0.115. The summed E-state index contributed by atoms with van der Waals surface area (Å²) in [4.78, 5) is 19.7. The number of aromatic nitrogens is 2. The quantitative estimate of drug-likeness (QED) is 0.576. The second kappa shape index (κ2) is 8.22. The highest BCUT2D eigenvalue weighted by molar-refractivity contribution is 9.10. The molecule has 2 N–H and O–H groups in total. The lowest BCUT2D eigenvalue weighted by Gasteiger charge is -2.09. The third-order valence-corrected chi connectivity index (χ3v) is 4.84. The van der Waals surface area contributed by atoms with Crippen LogP contribution in [0.4, 0.5) is 5.69 Å². The number of halogens is 1. The van der Waals surface area contributed by atoms with Gasteiger partial charge in [-0.05, 0) is 29.8 Å². The fraction of sp³-hybridized carbons (Fsp3) is 0.111. The van der Waals surface area contributed by atoms with Crippen LogP contribution in [0, 0.1) is 0 Å². The molecule has 0 fully saturated rings. The van der Waals surface area contributed by atoms with Crippen LogP contribution >= 0.6 is 27.7 Å². The summed E-state index contributed by atoms with van der Waals surface area (Å²) in [5.74, 6) is 0.776. The highest BCUT2D eigenvalue weighted by Crippen LogP contribution is 2.25. The van der Waals surface area contributed by atoms with Crippen molar-refractivity contribution in [3.8, 4) is 17.0 Å². The van der Waals surface area contributed by atoms with Crippen LogP contribution in [0.5, 0.6) is 5.75 Å². The Morgan fingerprint density at radius 3 is 2.76 bits per heavy atom. The lowest BCUT2D eigenvalue weighted by atomic mass is 10.2. The topological polar surface area (TPSA) is 67.0 Å². The highest BCUT2D eigenvalue weighted by atomic mass is 79.9. The Balaban J connectivity index is 1.58. The van der Waals surface area contributed by atoms with Crippen molar-refractivity contribution in [2.45, 2.75) is 5.16 Å². The molecular weight excluding hydrogens is 402 g/mol. The minimum atomic E-state index is -0.115. The molecule has 7 heteroatoms. The lowest BCUT2D eigenvalue weighted by molar-refractivity contribution is -0.113. The molecule has 0 unspecified atom stereocenters. The number of H-pyrrole nitrogens is 1. The molecule has 25 heavy (non-hydrogen) atoms. The number of rotatable bonds is 6. The number of carbonyl (C=O) groups excluding carboxylic acids is 1. The van der Waals surface area contributed by atoms with Gasteiger partial charge in [-0.25, -0.2) is 4.98 Å². The number of benzene rings is 2. The van der Waals surface area contributed by atoms with Gasteiger partial charge in [0.15, 0.2) is 5.16 Å². The molecule has 1 heterocycles. The van der Waals surface area contributed by atoms with Crippen molar-refractivity contribution in [1.82, 2.24) is 9.97 Å². The van der Waals surface area contributed by atoms with Gasteiger partial charge in [-0.3, -0.25) is 4.79 Å². The van der Waals surface area contributed by atoms with Crippen LogP contribution in [0.25, 0.3) is 11.3 Å². The van der Waals surface area contributed by atoms with Crippen molar-refractivity contribution in [2.24, 2.45) is 0 Å². The van der Waals surface area contributed by atoms with E-state index in [0.29, 0.717) is 16.6 Å². The Bertz CT molecular complexity index is 865. The Morgan fingerprint density at radius 1 is 1.24 bits per heavy atom. The lowest BCUT2D eigenvalue weighted by Crippen LogP contribution is -2.14. The predicted molar refractivity (Wildman–Crippen MR) is 104 cm³/mol. The number of ether oxygens (including phenoxy) is 1. The molecular formula is C18H16BrN3O2S. The highest BCUT2D eigenvalue weighted by Gasteiger charge is 2.09. The first-order chi connectivity index (χ1) is 12.2. The van der Waals surface area contributed by atoms with E-state index in [9.17, 15) is 4.79 Å². The number of amides is 1.